The SMILES string of the molecule is CC1CCCC(CNC=O)(N(C)C)C1. The fourth-order valence-corrected chi connectivity index (χ4v) is 2.59. The van der Waals surface area contributed by atoms with Crippen molar-refractivity contribution in [2.75, 3.05) is 20.6 Å². The Morgan fingerprint density at radius 2 is 2.29 bits per heavy atom. The van der Waals surface area contributed by atoms with Crippen molar-refractivity contribution in [1.29, 1.82) is 0 Å². The number of hydrogen-bond acceptors (Lipinski definition) is 2. The van der Waals surface area contributed by atoms with Crippen molar-refractivity contribution in [2.24, 2.45) is 5.92 Å². The van der Waals surface area contributed by atoms with Crippen LogP contribution in [0.4, 0.5) is 0 Å². The number of likely N-dealkylation sites (N-methyl/N-ethyl adjacent to an activating group) is 1. The van der Waals surface area contributed by atoms with E-state index in [2.05, 4.69) is 31.2 Å². The van der Waals surface area contributed by atoms with Crippen LogP contribution < -0.4 is 5.32 Å². The molecule has 0 heterocycles. The predicted molar refractivity (Wildman–Crippen MR) is 58.1 cm³/mol. The van der Waals surface area contributed by atoms with Crippen molar-refractivity contribution in [1.82, 2.24) is 10.2 Å². The second kappa shape index (κ2) is 4.78. The summed E-state index contributed by atoms with van der Waals surface area (Å²) >= 11 is 0. The first-order valence-electron chi connectivity index (χ1n) is 5.45. The first kappa shape index (κ1) is 11.5. The minimum atomic E-state index is 0.193. The molecule has 0 radical (unpaired) electrons. The van der Waals surface area contributed by atoms with Gasteiger partial charge in [-0.2, -0.15) is 0 Å². The average Bonchev–Trinajstić information content (AvgIpc) is 2.14. The van der Waals surface area contributed by atoms with Crippen LogP contribution in [0.2, 0.25) is 0 Å². The molecule has 0 aromatic carbocycles. The van der Waals surface area contributed by atoms with E-state index in [1.165, 1.54) is 25.7 Å². The van der Waals surface area contributed by atoms with Gasteiger partial charge in [-0.1, -0.05) is 19.8 Å². The number of nitrogens with zero attached hydrogens (tertiary/aromatic N) is 1. The lowest BCUT2D eigenvalue weighted by atomic mass is 9.75. The van der Waals surface area contributed by atoms with Crippen molar-refractivity contribution < 1.29 is 4.79 Å². The van der Waals surface area contributed by atoms with Gasteiger partial charge in [-0.25, -0.2) is 0 Å². The van der Waals surface area contributed by atoms with Gasteiger partial charge in [-0.15, -0.1) is 0 Å². The molecule has 1 amide bonds. The third-order valence-electron chi connectivity index (χ3n) is 3.53. The van der Waals surface area contributed by atoms with Crippen LogP contribution in [0.1, 0.15) is 32.6 Å². The minimum Gasteiger partial charge on any atom is -0.357 e. The van der Waals surface area contributed by atoms with Gasteiger partial charge in [-0.3, -0.25) is 4.79 Å². The molecule has 3 heteroatoms. The smallest absolute Gasteiger partial charge is 0.207 e. The second-order valence-corrected chi connectivity index (χ2v) is 4.82. The van der Waals surface area contributed by atoms with E-state index >= 15 is 0 Å². The summed E-state index contributed by atoms with van der Waals surface area (Å²) in [5.41, 5.74) is 0.193. The summed E-state index contributed by atoms with van der Waals surface area (Å²) in [5.74, 6) is 0.777. The summed E-state index contributed by atoms with van der Waals surface area (Å²) < 4.78 is 0. The van der Waals surface area contributed by atoms with Crippen molar-refractivity contribution in [2.45, 2.75) is 38.1 Å². The molecular formula is C11H22N2O. The Kier molecular flexibility index (Phi) is 3.93. The summed E-state index contributed by atoms with van der Waals surface area (Å²) in [6.07, 6.45) is 5.81. The van der Waals surface area contributed by atoms with E-state index in [1.54, 1.807) is 0 Å². The van der Waals surface area contributed by atoms with Gasteiger partial charge >= 0.3 is 0 Å². The maximum absolute atomic E-state index is 10.4. The van der Waals surface area contributed by atoms with E-state index in [0.717, 1.165) is 18.9 Å². The minimum absolute atomic E-state index is 0.193. The number of nitrogens with one attached hydrogen (secondary N) is 1. The molecule has 1 N–H and O–H groups in total. The molecule has 3 nitrogen and oxygen atoms in total. The highest BCUT2D eigenvalue weighted by Gasteiger charge is 2.36. The molecule has 82 valence electrons. The zero-order valence-corrected chi connectivity index (χ0v) is 9.55. The zero-order valence-electron chi connectivity index (χ0n) is 9.55. The molecule has 2 unspecified atom stereocenters. The van der Waals surface area contributed by atoms with Gasteiger partial charge in [0.1, 0.15) is 0 Å². The first-order chi connectivity index (χ1) is 6.60. The van der Waals surface area contributed by atoms with Crippen LogP contribution in [-0.2, 0) is 4.79 Å². The van der Waals surface area contributed by atoms with E-state index in [0.29, 0.717) is 0 Å². The second-order valence-electron chi connectivity index (χ2n) is 4.82. The molecule has 1 aliphatic carbocycles. The van der Waals surface area contributed by atoms with Crippen molar-refractivity contribution in [3.8, 4) is 0 Å². The Labute approximate surface area is 86.9 Å². The van der Waals surface area contributed by atoms with Crippen LogP contribution in [0.15, 0.2) is 0 Å². The molecule has 1 saturated carbocycles. The molecule has 0 aliphatic heterocycles. The monoisotopic (exact) mass is 198 g/mol. The standard InChI is InChI=1S/C11H22N2O/c1-10-5-4-6-11(7-10,13(2)3)8-12-9-14/h9-10H,4-8H2,1-3H3,(H,12,14). The van der Waals surface area contributed by atoms with Gasteiger partial charge in [0.2, 0.25) is 6.41 Å². The number of carbonyl (C=O) groups is 1. The van der Waals surface area contributed by atoms with Crippen LogP contribution in [0.3, 0.4) is 0 Å². The number of hydrogen-bond donors (Lipinski definition) is 1. The molecular weight excluding hydrogens is 176 g/mol. The lowest BCUT2D eigenvalue weighted by Crippen LogP contribution is -2.53. The maximum atomic E-state index is 10.4. The Balaban J connectivity index is 2.64. The lowest BCUT2D eigenvalue weighted by Gasteiger charge is -2.45. The van der Waals surface area contributed by atoms with Gasteiger partial charge in [-0.05, 0) is 32.9 Å². The normalized spacial score (nSPS) is 33.0. The summed E-state index contributed by atoms with van der Waals surface area (Å²) in [7, 11) is 4.23. The molecule has 0 aromatic rings. The average molecular weight is 198 g/mol. The molecule has 1 aliphatic rings. The fourth-order valence-electron chi connectivity index (χ4n) is 2.59. The maximum Gasteiger partial charge on any atom is 0.207 e. The molecule has 2 atom stereocenters. The Bertz CT molecular complexity index is 194. The van der Waals surface area contributed by atoms with Gasteiger partial charge < -0.3 is 10.2 Å². The van der Waals surface area contributed by atoms with Crippen LogP contribution >= 0.6 is 0 Å². The fraction of sp³-hybridized carbons (Fsp3) is 0.909. The highest BCUT2D eigenvalue weighted by atomic mass is 16.1. The number of amides is 1. The number of carbonyl (C=O) groups excluding carboxylic acids is 1. The first-order valence-corrected chi connectivity index (χ1v) is 5.45. The molecule has 0 aromatic heterocycles. The van der Waals surface area contributed by atoms with Crippen molar-refractivity contribution in [3.63, 3.8) is 0 Å². The molecule has 1 fully saturated rings. The highest BCUT2D eigenvalue weighted by molar-refractivity contribution is 5.46. The van der Waals surface area contributed by atoms with Gasteiger partial charge in [0, 0.05) is 12.1 Å². The van der Waals surface area contributed by atoms with Crippen molar-refractivity contribution in [3.05, 3.63) is 0 Å². The van der Waals surface area contributed by atoms with Gasteiger partial charge in [0.15, 0.2) is 0 Å². The van der Waals surface area contributed by atoms with Crippen LogP contribution in [0.5, 0.6) is 0 Å². The summed E-state index contributed by atoms with van der Waals surface area (Å²) in [4.78, 5) is 12.6. The van der Waals surface area contributed by atoms with E-state index in [-0.39, 0.29) is 5.54 Å². The summed E-state index contributed by atoms with van der Waals surface area (Å²) in [6.45, 7) is 3.09. The third-order valence-corrected chi connectivity index (χ3v) is 3.53. The van der Waals surface area contributed by atoms with E-state index < -0.39 is 0 Å². The molecule has 0 spiro atoms. The highest BCUT2D eigenvalue weighted by Crippen LogP contribution is 2.34. The van der Waals surface area contributed by atoms with Crippen LogP contribution in [0.25, 0.3) is 0 Å². The molecule has 0 saturated heterocycles. The van der Waals surface area contributed by atoms with Crippen LogP contribution in [0, 0.1) is 5.92 Å². The lowest BCUT2D eigenvalue weighted by molar-refractivity contribution is -0.110. The topological polar surface area (TPSA) is 32.3 Å². The van der Waals surface area contributed by atoms with E-state index in [9.17, 15) is 4.79 Å². The number of rotatable bonds is 4. The Morgan fingerprint density at radius 3 is 2.79 bits per heavy atom. The summed E-state index contributed by atoms with van der Waals surface area (Å²) in [6, 6.07) is 0. The van der Waals surface area contributed by atoms with E-state index in [4.69, 9.17) is 0 Å². The molecule has 1 rings (SSSR count). The third kappa shape index (κ3) is 2.47. The zero-order chi connectivity index (χ0) is 10.6. The quantitative estimate of drug-likeness (QED) is 0.689. The van der Waals surface area contributed by atoms with E-state index in [1.807, 2.05) is 0 Å². The van der Waals surface area contributed by atoms with Gasteiger partial charge in [0.25, 0.3) is 0 Å². The molecule has 0 bridgehead atoms. The summed E-state index contributed by atoms with van der Waals surface area (Å²) in [5, 5.41) is 2.84. The molecule has 14 heavy (non-hydrogen) atoms. The predicted octanol–water partition coefficient (Wildman–Crippen LogP) is 1.24. The largest absolute Gasteiger partial charge is 0.357 e. The Morgan fingerprint density at radius 1 is 1.57 bits per heavy atom. The van der Waals surface area contributed by atoms with Crippen molar-refractivity contribution >= 4 is 6.41 Å². The van der Waals surface area contributed by atoms with Gasteiger partial charge in [0.05, 0.1) is 0 Å². The van der Waals surface area contributed by atoms with Crippen LogP contribution in [-0.4, -0.2) is 37.5 Å². The Hall–Kier alpha value is -0.570.